The van der Waals surface area contributed by atoms with Crippen LogP contribution in [0.15, 0.2) is 18.3 Å². The summed E-state index contributed by atoms with van der Waals surface area (Å²) in [6.07, 6.45) is 2.00. The number of alkyl halides is 1. The average molecular weight is 155 g/mol. The lowest BCUT2D eigenvalue weighted by Crippen LogP contribution is -1.95. The highest BCUT2D eigenvalue weighted by atomic mass is 19.1. The van der Waals surface area contributed by atoms with Crippen LogP contribution in [0.25, 0.3) is 0 Å². The molecule has 1 aromatic heterocycles. The fourth-order valence-electron chi connectivity index (χ4n) is 0.900. The Morgan fingerprint density at radius 2 is 2.45 bits per heavy atom. The summed E-state index contributed by atoms with van der Waals surface area (Å²) in [5.41, 5.74) is 0.817. The molecule has 2 nitrogen and oxygen atoms in total. The molecule has 60 valence electrons. The summed E-state index contributed by atoms with van der Waals surface area (Å²) in [7, 11) is 1.53. The van der Waals surface area contributed by atoms with Crippen LogP contribution in [0.2, 0.25) is 0 Å². The normalized spacial score (nSPS) is 9.64. The minimum Gasteiger partial charge on any atom is -0.481 e. The highest BCUT2D eigenvalue weighted by Gasteiger charge is 2.00. The fourth-order valence-corrected chi connectivity index (χ4v) is 0.900. The van der Waals surface area contributed by atoms with E-state index >= 15 is 0 Å². The minimum atomic E-state index is -0.373. The van der Waals surface area contributed by atoms with Gasteiger partial charge in [0.2, 0.25) is 5.88 Å². The molecule has 0 spiro atoms. The molecule has 0 saturated carbocycles. The maximum Gasteiger partial charge on any atom is 0.216 e. The zero-order valence-electron chi connectivity index (χ0n) is 6.38. The predicted molar refractivity (Wildman–Crippen MR) is 40.5 cm³/mol. The first kappa shape index (κ1) is 7.98. The third-order valence-corrected chi connectivity index (χ3v) is 1.41. The van der Waals surface area contributed by atoms with Gasteiger partial charge < -0.3 is 4.74 Å². The molecule has 0 amide bonds. The van der Waals surface area contributed by atoms with Crippen molar-refractivity contribution in [3.05, 3.63) is 23.9 Å². The molecule has 0 fully saturated rings. The zero-order valence-corrected chi connectivity index (χ0v) is 6.38. The van der Waals surface area contributed by atoms with E-state index in [1.165, 1.54) is 7.11 Å². The second-order valence-electron chi connectivity index (χ2n) is 2.11. The van der Waals surface area contributed by atoms with E-state index in [0.29, 0.717) is 12.3 Å². The zero-order chi connectivity index (χ0) is 8.10. The lowest BCUT2D eigenvalue weighted by molar-refractivity contribution is 0.388. The Bertz CT molecular complexity index is 227. The Kier molecular flexibility index (Phi) is 2.83. The van der Waals surface area contributed by atoms with E-state index in [1.807, 2.05) is 6.07 Å². The topological polar surface area (TPSA) is 22.1 Å². The van der Waals surface area contributed by atoms with Crippen molar-refractivity contribution in [1.82, 2.24) is 4.98 Å². The second-order valence-corrected chi connectivity index (χ2v) is 2.11. The van der Waals surface area contributed by atoms with Crippen molar-refractivity contribution in [2.75, 3.05) is 13.8 Å². The van der Waals surface area contributed by atoms with Crippen molar-refractivity contribution < 1.29 is 9.13 Å². The van der Waals surface area contributed by atoms with Gasteiger partial charge in [-0.25, -0.2) is 4.98 Å². The van der Waals surface area contributed by atoms with Gasteiger partial charge in [0.15, 0.2) is 0 Å². The number of halogens is 1. The van der Waals surface area contributed by atoms with Crippen LogP contribution in [0.4, 0.5) is 4.39 Å². The number of rotatable bonds is 3. The summed E-state index contributed by atoms with van der Waals surface area (Å²) in [5.74, 6) is 0.519. The highest BCUT2D eigenvalue weighted by Crippen LogP contribution is 2.13. The molecule has 0 radical (unpaired) electrons. The first-order valence-corrected chi connectivity index (χ1v) is 3.42. The number of hydrogen-bond donors (Lipinski definition) is 0. The van der Waals surface area contributed by atoms with Gasteiger partial charge in [0, 0.05) is 18.2 Å². The molecule has 0 aromatic carbocycles. The van der Waals surface area contributed by atoms with E-state index in [2.05, 4.69) is 4.98 Å². The number of nitrogens with zero attached hydrogens (tertiary/aromatic N) is 1. The molecule has 0 aliphatic rings. The largest absolute Gasteiger partial charge is 0.481 e. The summed E-state index contributed by atoms with van der Waals surface area (Å²) in [4.78, 5) is 3.93. The maximum atomic E-state index is 11.9. The van der Waals surface area contributed by atoms with E-state index in [4.69, 9.17) is 4.74 Å². The van der Waals surface area contributed by atoms with Crippen LogP contribution in [0.1, 0.15) is 5.56 Å². The molecule has 0 unspecified atom stereocenters. The van der Waals surface area contributed by atoms with Crippen LogP contribution in [0.5, 0.6) is 5.88 Å². The summed E-state index contributed by atoms with van der Waals surface area (Å²) >= 11 is 0. The van der Waals surface area contributed by atoms with Gasteiger partial charge in [-0.15, -0.1) is 0 Å². The Labute approximate surface area is 65.0 Å². The van der Waals surface area contributed by atoms with E-state index in [0.717, 1.165) is 5.56 Å². The minimum absolute atomic E-state index is 0.372. The average Bonchev–Trinajstić information content (AvgIpc) is 2.06. The Morgan fingerprint density at radius 1 is 1.64 bits per heavy atom. The smallest absolute Gasteiger partial charge is 0.216 e. The lowest BCUT2D eigenvalue weighted by Gasteiger charge is -2.03. The quantitative estimate of drug-likeness (QED) is 0.661. The number of pyridine rings is 1. The SMILES string of the molecule is COc1ncccc1CCF. The van der Waals surface area contributed by atoms with Crippen molar-refractivity contribution in [3.63, 3.8) is 0 Å². The molecule has 0 saturated heterocycles. The molecule has 0 atom stereocenters. The van der Waals surface area contributed by atoms with Crippen molar-refractivity contribution in [1.29, 1.82) is 0 Å². The molecule has 0 N–H and O–H groups in total. The van der Waals surface area contributed by atoms with Gasteiger partial charge in [-0.3, -0.25) is 4.39 Å². The van der Waals surface area contributed by atoms with Gasteiger partial charge in [-0.1, -0.05) is 6.07 Å². The van der Waals surface area contributed by atoms with Gasteiger partial charge in [0.05, 0.1) is 13.8 Å². The third-order valence-electron chi connectivity index (χ3n) is 1.41. The van der Waals surface area contributed by atoms with Crippen LogP contribution >= 0.6 is 0 Å². The summed E-state index contributed by atoms with van der Waals surface area (Å²) < 4.78 is 16.8. The maximum absolute atomic E-state index is 11.9. The van der Waals surface area contributed by atoms with E-state index in [-0.39, 0.29) is 6.67 Å². The first-order chi connectivity index (χ1) is 5.38. The van der Waals surface area contributed by atoms with Crippen LogP contribution in [0.3, 0.4) is 0 Å². The predicted octanol–water partition coefficient (Wildman–Crippen LogP) is 1.60. The molecule has 1 heterocycles. The van der Waals surface area contributed by atoms with E-state index in [9.17, 15) is 4.39 Å². The van der Waals surface area contributed by atoms with Crippen molar-refractivity contribution in [2.24, 2.45) is 0 Å². The van der Waals surface area contributed by atoms with Gasteiger partial charge in [0.25, 0.3) is 0 Å². The number of aromatic nitrogens is 1. The summed E-state index contributed by atoms with van der Waals surface area (Å²) in [6, 6.07) is 3.58. The van der Waals surface area contributed by atoms with Crippen molar-refractivity contribution >= 4 is 0 Å². The van der Waals surface area contributed by atoms with E-state index in [1.54, 1.807) is 12.3 Å². The Balaban J connectivity index is 2.83. The Morgan fingerprint density at radius 3 is 3.09 bits per heavy atom. The van der Waals surface area contributed by atoms with Crippen LogP contribution in [0, 0.1) is 0 Å². The van der Waals surface area contributed by atoms with Crippen molar-refractivity contribution in [2.45, 2.75) is 6.42 Å². The molecule has 1 aromatic rings. The molecule has 0 bridgehead atoms. The number of hydrogen-bond acceptors (Lipinski definition) is 2. The van der Waals surface area contributed by atoms with Gasteiger partial charge in [-0.05, 0) is 6.07 Å². The molecule has 0 aliphatic heterocycles. The summed E-state index contributed by atoms with van der Waals surface area (Å²) in [5, 5.41) is 0. The molecule has 3 heteroatoms. The first-order valence-electron chi connectivity index (χ1n) is 3.42. The monoisotopic (exact) mass is 155 g/mol. The summed E-state index contributed by atoms with van der Waals surface area (Å²) in [6.45, 7) is -0.373. The van der Waals surface area contributed by atoms with Gasteiger partial charge >= 0.3 is 0 Å². The number of ether oxygens (including phenoxy) is 1. The lowest BCUT2D eigenvalue weighted by atomic mass is 10.2. The molecular weight excluding hydrogens is 145 g/mol. The number of aryl methyl sites for hydroxylation is 1. The standard InChI is InChI=1S/C8H10FNO/c1-11-8-7(4-5-9)3-2-6-10-8/h2-3,6H,4-5H2,1H3. The van der Waals surface area contributed by atoms with Gasteiger partial charge in [0.1, 0.15) is 0 Å². The van der Waals surface area contributed by atoms with Crippen molar-refractivity contribution in [3.8, 4) is 5.88 Å². The molecule has 0 aliphatic carbocycles. The fraction of sp³-hybridized carbons (Fsp3) is 0.375. The molecule has 11 heavy (non-hydrogen) atoms. The number of methoxy groups -OCH3 is 1. The highest BCUT2D eigenvalue weighted by molar-refractivity contribution is 5.25. The third kappa shape index (κ3) is 1.90. The van der Waals surface area contributed by atoms with Crippen LogP contribution in [-0.2, 0) is 6.42 Å². The molecular formula is C8H10FNO. The molecule has 1 rings (SSSR count). The van der Waals surface area contributed by atoms with Crippen LogP contribution < -0.4 is 4.74 Å². The van der Waals surface area contributed by atoms with E-state index < -0.39 is 0 Å². The Hall–Kier alpha value is -1.12. The second kappa shape index (κ2) is 3.91. The van der Waals surface area contributed by atoms with Crippen LogP contribution in [-0.4, -0.2) is 18.8 Å². The van der Waals surface area contributed by atoms with Gasteiger partial charge in [-0.2, -0.15) is 0 Å².